The third-order valence-corrected chi connectivity index (χ3v) is 3.35. The summed E-state index contributed by atoms with van der Waals surface area (Å²) in [6.45, 7) is 1.23. The monoisotopic (exact) mass is 310 g/mol. The van der Waals surface area contributed by atoms with E-state index in [2.05, 4.69) is 26.2 Å². The second-order valence-corrected chi connectivity index (χ2v) is 4.76. The van der Waals surface area contributed by atoms with Crippen LogP contribution in [0.2, 0.25) is 0 Å². The van der Waals surface area contributed by atoms with Gasteiger partial charge in [0.1, 0.15) is 5.75 Å². The molecule has 2 aromatic rings. The van der Waals surface area contributed by atoms with Crippen LogP contribution in [0.25, 0.3) is 0 Å². The highest BCUT2D eigenvalue weighted by molar-refractivity contribution is 9.10. The molecule has 96 valence electrons. The molecular formula is C12H15BrN4O. The third kappa shape index (κ3) is 3.08. The van der Waals surface area contributed by atoms with Gasteiger partial charge in [-0.15, -0.1) is 5.10 Å². The predicted octanol–water partition coefficient (Wildman–Crippen LogP) is 1.60. The highest BCUT2D eigenvalue weighted by Gasteiger charge is 2.05. The van der Waals surface area contributed by atoms with Gasteiger partial charge in [0.2, 0.25) is 0 Å². The topological polar surface area (TPSA) is 66.0 Å². The summed E-state index contributed by atoms with van der Waals surface area (Å²) in [6.07, 6.45) is 2.66. The molecule has 2 rings (SSSR count). The molecule has 0 amide bonds. The number of hydrogen-bond donors (Lipinski definition) is 1. The SMILES string of the molecule is COc1ccc(Br)c(Cn2cc(CCN)nn2)c1. The van der Waals surface area contributed by atoms with Crippen LogP contribution in [0.1, 0.15) is 11.3 Å². The molecule has 0 fully saturated rings. The normalized spacial score (nSPS) is 10.6. The van der Waals surface area contributed by atoms with E-state index in [1.807, 2.05) is 24.4 Å². The number of halogens is 1. The quantitative estimate of drug-likeness (QED) is 0.911. The van der Waals surface area contributed by atoms with Crippen molar-refractivity contribution in [2.45, 2.75) is 13.0 Å². The molecule has 0 spiro atoms. The van der Waals surface area contributed by atoms with Crippen molar-refractivity contribution in [3.05, 3.63) is 40.1 Å². The van der Waals surface area contributed by atoms with Gasteiger partial charge < -0.3 is 10.5 Å². The Morgan fingerprint density at radius 2 is 2.28 bits per heavy atom. The van der Waals surface area contributed by atoms with Gasteiger partial charge in [-0.1, -0.05) is 21.1 Å². The van der Waals surface area contributed by atoms with E-state index in [9.17, 15) is 0 Å². The van der Waals surface area contributed by atoms with Crippen molar-refractivity contribution in [2.75, 3.05) is 13.7 Å². The molecule has 1 aromatic heterocycles. The molecule has 6 heteroatoms. The minimum atomic E-state index is 0.585. The van der Waals surface area contributed by atoms with E-state index in [4.69, 9.17) is 10.5 Å². The molecule has 0 radical (unpaired) electrons. The number of ether oxygens (including phenoxy) is 1. The van der Waals surface area contributed by atoms with Crippen LogP contribution >= 0.6 is 15.9 Å². The second-order valence-electron chi connectivity index (χ2n) is 3.90. The van der Waals surface area contributed by atoms with Gasteiger partial charge in [0.15, 0.2) is 0 Å². The molecule has 0 atom stereocenters. The lowest BCUT2D eigenvalue weighted by Gasteiger charge is -2.06. The molecule has 5 nitrogen and oxygen atoms in total. The number of hydrogen-bond acceptors (Lipinski definition) is 4. The van der Waals surface area contributed by atoms with Gasteiger partial charge in [-0.25, -0.2) is 4.68 Å². The lowest BCUT2D eigenvalue weighted by atomic mass is 10.2. The van der Waals surface area contributed by atoms with E-state index in [0.717, 1.165) is 27.9 Å². The number of methoxy groups -OCH3 is 1. The van der Waals surface area contributed by atoms with Gasteiger partial charge in [-0.2, -0.15) is 0 Å². The highest BCUT2D eigenvalue weighted by atomic mass is 79.9. The van der Waals surface area contributed by atoms with Crippen LogP contribution in [0.5, 0.6) is 5.75 Å². The van der Waals surface area contributed by atoms with E-state index >= 15 is 0 Å². The van der Waals surface area contributed by atoms with Crippen molar-refractivity contribution in [2.24, 2.45) is 5.73 Å². The highest BCUT2D eigenvalue weighted by Crippen LogP contribution is 2.23. The molecule has 0 aliphatic rings. The van der Waals surface area contributed by atoms with Crippen molar-refractivity contribution in [1.82, 2.24) is 15.0 Å². The minimum Gasteiger partial charge on any atom is -0.497 e. The molecule has 0 aliphatic carbocycles. The van der Waals surface area contributed by atoms with E-state index in [0.29, 0.717) is 13.1 Å². The fraction of sp³-hybridized carbons (Fsp3) is 0.333. The van der Waals surface area contributed by atoms with Gasteiger partial charge in [0, 0.05) is 17.1 Å². The molecule has 1 heterocycles. The van der Waals surface area contributed by atoms with E-state index in [1.54, 1.807) is 11.8 Å². The van der Waals surface area contributed by atoms with Crippen LogP contribution in [-0.4, -0.2) is 28.6 Å². The maximum Gasteiger partial charge on any atom is 0.119 e. The average Bonchev–Trinajstić information content (AvgIpc) is 2.80. The second kappa shape index (κ2) is 5.97. The molecule has 18 heavy (non-hydrogen) atoms. The first kappa shape index (κ1) is 13.0. The van der Waals surface area contributed by atoms with E-state index in [-0.39, 0.29) is 0 Å². The predicted molar refractivity (Wildman–Crippen MR) is 72.6 cm³/mol. The van der Waals surface area contributed by atoms with Crippen LogP contribution in [0.4, 0.5) is 0 Å². The van der Waals surface area contributed by atoms with Crippen molar-refractivity contribution in [3.8, 4) is 5.75 Å². The molecular weight excluding hydrogens is 296 g/mol. The van der Waals surface area contributed by atoms with Crippen molar-refractivity contribution >= 4 is 15.9 Å². The van der Waals surface area contributed by atoms with Gasteiger partial charge in [-0.05, 0) is 30.3 Å². The fourth-order valence-corrected chi connectivity index (χ4v) is 2.02. The Bertz CT molecular complexity index is 527. The minimum absolute atomic E-state index is 0.585. The molecule has 0 saturated carbocycles. The summed E-state index contributed by atoms with van der Waals surface area (Å²) in [5.41, 5.74) is 7.49. The number of nitrogens with two attached hydrogens (primary N) is 1. The maximum absolute atomic E-state index is 5.48. The van der Waals surface area contributed by atoms with Gasteiger partial charge in [-0.3, -0.25) is 0 Å². The van der Waals surface area contributed by atoms with Crippen molar-refractivity contribution in [3.63, 3.8) is 0 Å². The van der Waals surface area contributed by atoms with Crippen LogP contribution in [-0.2, 0) is 13.0 Å². The van der Waals surface area contributed by atoms with E-state index in [1.165, 1.54) is 0 Å². The number of benzene rings is 1. The molecule has 0 saturated heterocycles. The summed E-state index contributed by atoms with van der Waals surface area (Å²) in [7, 11) is 1.65. The van der Waals surface area contributed by atoms with Crippen LogP contribution in [0, 0.1) is 0 Å². The van der Waals surface area contributed by atoms with E-state index < -0.39 is 0 Å². The molecule has 0 bridgehead atoms. The lowest BCUT2D eigenvalue weighted by molar-refractivity contribution is 0.414. The molecule has 0 unspecified atom stereocenters. The Kier molecular flexibility index (Phi) is 4.33. The molecule has 1 aromatic carbocycles. The van der Waals surface area contributed by atoms with Crippen molar-refractivity contribution in [1.29, 1.82) is 0 Å². The molecule has 2 N–H and O–H groups in total. The van der Waals surface area contributed by atoms with Gasteiger partial charge in [0.05, 0.1) is 19.3 Å². The van der Waals surface area contributed by atoms with Gasteiger partial charge in [0.25, 0.3) is 0 Å². The molecule has 0 aliphatic heterocycles. The summed E-state index contributed by atoms with van der Waals surface area (Å²) in [4.78, 5) is 0. The first-order valence-electron chi connectivity index (χ1n) is 5.64. The standard InChI is InChI=1S/C12H15BrN4O/c1-18-11-2-3-12(13)9(6-11)7-17-8-10(4-5-14)15-16-17/h2-3,6,8H,4-5,7,14H2,1H3. The zero-order valence-corrected chi connectivity index (χ0v) is 11.7. The Labute approximate surface area is 114 Å². The zero-order chi connectivity index (χ0) is 13.0. The number of nitrogens with zero attached hydrogens (tertiary/aromatic N) is 3. The first-order valence-corrected chi connectivity index (χ1v) is 6.43. The summed E-state index contributed by atoms with van der Waals surface area (Å²) < 4.78 is 8.03. The summed E-state index contributed by atoms with van der Waals surface area (Å²) in [5, 5.41) is 8.14. The van der Waals surface area contributed by atoms with Crippen LogP contribution < -0.4 is 10.5 Å². The smallest absolute Gasteiger partial charge is 0.119 e. The lowest BCUT2D eigenvalue weighted by Crippen LogP contribution is -2.03. The van der Waals surface area contributed by atoms with Crippen LogP contribution in [0.3, 0.4) is 0 Å². The zero-order valence-electron chi connectivity index (χ0n) is 10.1. The number of rotatable bonds is 5. The summed E-state index contributed by atoms with van der Waals surface area (Å²) >= 11 is 3.52. The summed E-state index contributed by atoms with van der Waals surface area (Å²) in [5.74, 6) is 0.829. The van der Waals surface area contributed by atoms with Crippen LogP contribution in [0.15, 0.2) is 28.9 Å². The Morgan fingerprint density at radius 3 is 3.00 bits per heavy atom. The van der Waals surface area contributed by atoms with Gasteiger partial charge >= 0.3 is 0 Å². The Hall–Kier alpha value is -1.40. The largest absolute Gasteiger partial charge is 0.497 e. The Morgan fingerprint density at radius 1 is 1.44 bits per heavy atom. The van der Waals surface area contributed by atoms with Crippen molar-refractivity contribution < 1.29 is 4.74 Å². The first-order chi connectivity index (χ1) is 8.72. The fourth-order valence-electron chi connectivity index (χ4n) is 1.65. The third-order valence-electron chi connectivity index (χ3n) is 2.57. The number of aromatic nitrogens is 3. The average molecular weight is 311 g/mol. The Balaban J connectivity index is 2.16. The maximum atomic E-state index is 5.48. The summed E-state index contributed by atoms with van der Waals surface area (Å²) in [6, 6.07) is 5.86.